The molecule has 1 amide bonds. The summed E-state index contributed by atoms with van der Waals surface area (Å²) in [4.78, 5) is 12.1. The highest BCUT2D eigenvalue weighted by atomic mass is 16.5. The van der Waals surface area contributed by atoms with Crippen LogP contribution < -0.4 is 10.1 Å². The van der Waals surface area contributed by atoms with Gasteiger partial charge in [0.25, 0.3) is 0 Å². The summed E-state index contributed by atoms with van der Waals surface area (Å²) in [5.74, 6) is 1.63. The highest BCUT2D eigenvalue weighted by Crippen LogP contribution is 2.25. The van der Waals surface area contributed by atoms with Gasteiger partial charge in [0.05, 0.1) is 13.5 Å². The molecule has 19 heavy (non-hydrogen) atoms. The molecule has 104 valence electrons. The van der Waals surface area contributed by atoms with E-state index in [1.165, 1.54) is 6.42 Å². The van der Waals surface area contributed by atoms with Crippen molar-refractivity contribution in [3.8, 4) is 5.75 Å². The van der Waals surface area contributed by atoms with E-state index in [-0.39, 0.29) is 5.91 Å². The number of aryl methyl sites for hydroxylation is 1. The van der Waals surface area contributed by atoms with Gasteiger partial charge in [-0.15, -0.1) is 0 Å². The van der Waals surface area contributed by atoms with E-state index >= 15 is 0 Å². The van der Waals surface area contributed by atoms with E-state index in [0.717, 1.165) is 35.6 Å². The van der Waals surface area contributed by atoms with Crippen LogP contribution in [0, 0.1) is 12.8 Å². The molecule has 0 aromatic heterocycles. The summed E-state index contributed by atoms with van der Waals surface area (Å²) < 4.78 is 5.31. The van der Waals surface area contributed by atoms with Crippen molar-refractivity contribution in [2.45, 2.75) is 45.6 Å². The number of ether oxygens (including phenoxy) is 1. The topological polar surface area (TPSA) is 38.3 Å². The lowest BCUT2D eigenvalue weighted by Crippen LogP contribution is -2.34. The SMILES string of the molecule is COc1ccc(C)cc1CC(=O)NC1CCC(C)C1. The fourth-order valence-corrected chi connectivity index (χ4v) is 2.84. The number of carbonyl (C=O) groups excluding carboxylic acids is 1. The molecule has 1 N–H and O–H groups in total. The maximum absolute atomic E-state index is 12.1. The first-order chi connectivity index (χ1) is 9.08. The van der Waals surface area contributed by atoms with Crippen LogP contribution in [0.25, 0.3) is 0 Å². The van der Waals surface area contributed by atoms with Crippen molar-refractivity contribution in [3.63, 3.8) is 0 Å². The summed E-state index contributed by atoms with van der Waals surface area (Å²) in [5, 5.41) is 3.13. The van der Waals surface area contributed by atoms with Crippen molar-refractivity contribution in [3.05, 3.63) is 29.3 Å². The summed E-state index contributed by atoms with van der Waals surface area (Å²) in [6.07, 6.45) is 3.84. The predicted octanol–water partition coefficient (Wildman–Crippen LogP) is 2.85. The van der Waals surface area contributed by atoms with Crippen molar-refractivity contribution in [1.82, 2.24) is 5.32 Å². The van der Waals surface area contributed by atoms with E-state index < -0.39 is 0 Å². The van der Waals surface area contributed by atoms with Gasteiger partial charge in [-0.1, -0.05) is 24.6 Å². The molecule has 1 aliphatic carbocycles. The molecule has 2 atom stereocenters. The Balaban J connectivity index is 1.96. The lowest BCUT2D eigenvalue weighted by molar-refractivity contribution is -0.121. The standard InChI is InChI=1S/C16H23NO2/c1-11-5-7-15(19-3)13(8-11)10-16(18)17-14-6-4-12(2)9-14/h5,7-8,12,14H,4,6,9-10H2,1-3H3,(H,17,18). The minimum atomic E-state index is 0.100. The van der Waals surface area contributed by atoms with Gasteiger partial charge >= 0.3 is 0 Å². The second kappa shape index (κ2) is 6.09. The third-order valence-corrected chi connectivity index (χ3v) is 3.85. The zero-order valence-corrected chi connectivity index (χ0v) is 12.0. The van der Waals surface area contributed by atoms with Crippen LogP contribution in [-0.4, -0.2) is 19.1 Å². The molecule has 1 aromatic carbocycles. The van der Waals surface area contributed by atoms with Crippen LogP contribution in [0.1, 0.15) is 37.3 Å². The molecule has 0 radical (unpaired) electrons. The van der Waals surface area contributed by atoms with Crippen molar-refractivity contribution in [2.75, 3.05) is 7.11 Å². The highest BCUT2D eigenvalue weighted by molar-refractivity contribution is 5.79. The van der Waals surface area contributed by atoms with E-state index in [4.69, 9.17) is 4.74 Å². The van der Waals surface area contributed by atoms with Crippen molar-refractivity contribution in [2.24, 2.45) is 5.92 Å². The van der Waals surface area contributed by atoms with Gasteiger partial charge in [-0.3, -0.25) is 4.79 Å². The molecule has 0 bridgehead atoms. The van der Waals surface area contributed by atoms with Gasteiger partial charge in [-0.05, 0) is 38.2 Å². The average Bonchev–Trinajstić information content (AvgIpc) is 2.75. The molecular weight excluding hydrogens is 238 g/mol. The summed E-state index contributed by atoms with van der Waals surface area (Å²) in [7, 11) is 1.64. The van der Waals surface area contributed by atoms with Gasteiger partial charge in [-0.2, -0.15) is 0 Å². The van der Waals surface area contributed by atoms with Crippen molar-refractivity contribution in [1.29, 1.82) is 0 Å². The molecule has 1 aliphatic rings. The minimum Gasteiger partial charge on any atom is -0.496 e. The van der Waals surface area contributed by atoms with Gasteiger partial charge in [0.2, 0.25) is 5.91 Å². The van der Waals surface area contributed by atoms with Gasteiger partial charge in [0.1, 0.15) is 5.75 Å². The van der Waals surface area contributed by atoms with Crippen molar-refractivity contribution >= 4 is 5.91 Å². The lowest BCUT2D eigenvalue weighted by Gasteiger charge is -2.14. The molecule has 0 aliphatic heterocycles. The molecular formula is C16H23NO2. The van der Waals surface area contributed by atoms with Crippen molar-refractivity contribution < 1.29 is 9.53 Å². The minimum absolute atomic E-state index is 0.100. The van der Waals surface area contributed by atoms with Crippen LogP contribution in [0.4, 0.5) is 0 Å². The fraction of sp³-hybridized carbons (Fsp3) is 0.562. The molecule has 0 spiro atoms. The van der Waals surface area contributed by atoms with Crippen LogP contribution >= 0.6 is 0 Å². The first kappa shape index (κ1) is 13.9. The molecule has 3 heteroatoms. The maximum Gasteiger partial charge on any atom is 0.224 e. The van der Waals surface area contributed by atoms with Crippen LogP contribution in [0.5, 0.6) is 5.75 Å². The van der Waals surface area contributed by atoms with E-state index in [1.54, 1.807) is 7.11 Å². The zero-order valence-electron chi connectivity index (χ0n) is 12.0. The summed E-state index contributed by atoms with van der Waals surface area (Å²) in [6, 6.07) is 6.31. The first-order valence-corrected chi connectivity index (χ1v) is 7.01. The second-order valence-corrected chi connectivity index (χ2v) is 5.67. The lowest BCUT2D eigenvalue weighted by atomic mass is 10.1. The van der Waals surface area contributed by atoms with Gasteiger partial charge < -0.3 is 10.1 Å². The zero-order chi connectivity index (χ0) is 13.8. The molecule has 3 nitrogen and oxygen atoms in total. The van der Waals surface area contributed by atoms with E-state index in [9.17, 15) is 4.79 Å². The largest absolute Gasteiger partial charge is 0.496 e. The van der Waals surface area contributed by atoms with E-state index in [2.05, 4.69) is 12.2 Å². The number of hydrogen-bond acceptors (Lipinski definition) is 2. The molecule has 2 unspecified atom stereocenters. The Morgan fingerprint density at radius 2 is 2.21 bits per heavy atom. The van der Waals surface area contributed by atoms with Crippen LogP contribution in [-0.2, 0) is 11.2 Å². The Hall–Kier alpha value is -1.51. The quantitative estimate of drug-likeness (QED) is 0.905. The number of methoxy groups -OCH3 is 1. The third-order valence-electron chi connectivity index (χ3n) is 3.85. The number of benzene rings is 1. The van der Waals surface area contributed by atoms with E-state index in [1.807, 2.05) is 25.1 Å². The Morgan fingerprint density at radius 1 is 1.42 bits per heavy atom. The maximum atomic E-state index is 12.1. The Kier molecular flexibility index (Phi) is 4.46. The van der Waals surface area contributed by atoms with Gasteiger partial charge in [0.15, 0.2) is 0 Å². The van der Waals surface area contributed by atoms with E-state index in [0.29, 0.717) is 12.5 Å². The average molecular weight is 261 g/mol. The molecule has 0 heterocycles. The smallest absolute Gasteiger partial charge is 0.224 e. The summed E-state index contributed by atoms with van der Waals surface area (Å²) in [6.45, 7) is 4.27. The normalized spacial score (nSPS) is 22.3. The Bertz CT molecular complexity index is 456. The molecule has 2 rings (SSSR count). The molecule has 0 saturated heterocycles. The number of carbonyl (C=O) groups is 1. The number of nitrogens with one attached hydrogen (secondary N) is 1. The number of amides is 1. The van der Waals surface area contributed by atoms with Crippen LogP contribution in [0.2, 0.25) is 0 Å². The molecule has 1 fully saturated rings. The predicted molar refractivity (Wildman–Crippen MR) is 76.4 cm³/mol. The fourth-order valence-electron chi connectivity index (χ4n) is 2.84. The Morgan fingerprint density at radius 3 is 2.84 bits per heavy atom. The van der Waals surface area contributed by atoms with Crippen LogP contribution in [0.15, 0.2) is 18.2 Å². The number of rotatable bonds is 4. The van der Waals surface area contributed by atoms with Gasteiger partial charge in [0, 0.05) is 11.6 Å². The molecule has 1 aromatic rings. The highest BCUT2D eigenvalue weighted by Gasteiger charge is 2.22. The number of hydrogen-bond donors (Lipinski definition) is 1. The summed E-state index contributed by atoms with van der Waals surface area (Å²) in [5.41, 5.74) is 2.11. The third kappa shape index (κ3) is 3.72. The van der Waals surface area contributed by atoms with Gasteiger partial charge in [-0.25, -0.2) is 0 Å². The second-order valence-electron chi connectivity index (χ2n) is 5.67. The van der Waals surface area contributed by atoms with Crippen LogP contribution in [0.3, 0.4) is 0 Å². The monoisotopic (exact) mass is 261 g/mol. The summed E-state index contributed by atoms with van der Waals surface area (Å²) >= 11 is 0. The first-order valence-electron chi connectivity index (χ1n) is 7.01. The Labute approximate surface area is 115 Å². The molecule has 1 saturated carbocycles.